The molecular weight excluding hydrogens is 227 g/mol. The van der Waals surface area contributed by atoms with E-state index in [-0.39, 0.29) is 17.1 Å². The van der Waals surface area contributed by atoms with E-state index in [2.05, 4.69) is 5.10 Å². The molecule has 0 saturated carbocycles. The average Bonchev–Trinajstić information content (AvgIpc) is 2.73. The summed E-state index contributed by atoms with van der Waals surface area (Å²) >= 11 is 0. The van der Waals surface area contributed by atoms with Crippen LogP contribution in [-0.2, 0) is 0 Å². The molecule has 1 aromatic heterocycles. The molecule has 0 aliphatic carbocycles. The number of hydrogen-bond acceptors (Lipinski definition) is 3. The Morgan fingerprint density at radius 2 is 2.18 bits per heavy atom. The van der Waals surface area contributed by atoms with Gasteiger partial charge in [0.2, 0.25) is 0 Å². The van der Waals surface area contributed by atoms with Gasteiger partial charge in [0.15, 0.2) is 11.4 Å². The van der Waals surface area contributed by atoms with Crippen LogP contribution in [0.25, 0.3) is 5.69 Å². The van der Waals surface area contributed by atoms with Crippen LogP contribution < -0.4 is 4.74 Å². The maximum absolute atomic E-state index is 13.5. The molecule has 5 nitrogen and oxygen atoms in total. The fourth-order valence-electron chi connectivity index (χ4n) is 1.48. The van der Waals surface area contributed by atoms with Crippen molar-refractivity contribution < 1.29 is 19.0 Å². The zero-order valence-corrected chi connectivity index (χ0v) is 8.92. The summed E-state index contributed by atoms with van der Waals surface area (Å²) in [7, 11) is 1.33. The van der Waals surface area contributed by atoms with E-state index in [4.69, 9.17) is 9.84 Å². The molecule has 1 aromatic carbocycles. The van der Waals surface area contributed by atoms with E-state index >= 15 is 0 Å². The monoisotopic (exact) mass is 236 g/mol. The molecule has 0 atom stereocenters. The first-order valence-electron chi connectivity index (χ1n) is 4.75. The summed E-state index contributed by atoms with van der Waals surface area (Å²) in [6, 6.07) is 5.78. The maximum atomic E-state index is 13.5. The summed E-state index contributed by atoms with van der Waals surface area (Å²) in [5.41, 5.74) is -0.147. The third kappa shape index (κ3) is 1.84. The number of rotatable bonds is 3. The zero-order valence-electron chi connectivity index (χ0n) is 8.92. The summed E-state index contributed by atoms with van der Waals surface area (Å²) in [5.74, 6) is -1.70. The number of aromatic carboxylic acids is 1. The van der Waals surface area contributed by atoms with Crippen LogP contribution in [0.3, 0.4) is 0 Å². The van der Waals surface area contributed by atoms with Gasteiger partial charge in [-0.25, -0.2) is 13.9 Å². The van der Waals surface area contributed by atoms with E-state index in [9.17, 15) is 9.18 Å². The number of carboxylic acid groups (broad SMARTS) is 1. The summed E-state index contributed by atoms with van der Waals surface area (Å²) < 4.78 is 19.4. The SMILES string of the molecule is COc1cnn(-c2ccccc2F)c1C(=O)O. The van der Waals surface area contributed by atoms with Gasteiger partial charge in [0.25, 0.3) is 0 Å². The van der Waals surface area contributed by atoms with Gasteiger partial charge < -0.3 is 9.84 Å². The average molecular weight is 236 g/mol. The van der Waals surface area contributed by atoms with Gasteiger partial charge >= 0.3 is 5.97 Å². The van der Waals surface area contributed by atoms with Gasteiger partial charge in [-0.1, -0.05) is 12.1 Å². The van der Waals surface area contributed by atoms with Crippen molar-refractivity contribution in [2.75, 3.05) is 7.11 Å². The molecule has 2 rings (SSSR count). The molecule has 0 radical (unpaired) electrons. The van der Waals surface area contributed by atoms with Gasteiger partial charge in [-0.15, -0.1) is 0 Å². The van der Waals surface area contributed by atoms with Crippen LogP contribution in [0.2, 0.25) is 0 Å². The fourth-order valence-corrected chi connectivity index (χ4v) is 1.48. The molecular formula is C11H9FN2O3. The molecule has 88 valence electrons. The zero-order chi connectivity index (χ0) is 12.4. The van der Waals surface area contributed by atoms with Gasteiger partial charge in [-0.3, -0.25) is 0 Å². The Labute approximate surface area is 96.1 Å². The first-order chi connectivity index (χ1) is 8.15. The molecule has 0 spiro atoms. The van der Waals surface area contributed by atoms with E-state index in [1.807, 2.05) is 0 Å². The Hall–Kier alpha value is -2.37. The largest absolute Gasteiger partial charge is 0.493 e. The van der Waals surface area contributed by atoms with Crippen LogP contribution >= 0.6 is 0 Å². The second kappa shape index (κ2) is 4.25. The summed E-state index contributed by atoms with van der Waals surface area (Å²) in [6.07, 6.45) is 1.23. The molecule has 1 heterocycles. The standard InChI is InChI=1S/C11H9FN2O3/c1-17-9-6-13-14(10(9)11(15)16)8-5-3-2-4-7(8)12/h2-6H,1H3,(H,15,16). The highest BCUT2D eigenvalue weighted by Crippen LogP contribution is 2.22. The third-order valence-corrected chi connectivity index (χ3v) is 2.24. The summed E-state index contributed by atoms with van der Waals surface area (Å²) in [4.78, 5) is 11.1. The number of methoxy groups -OCH3 is 1. The normalized spacial score (nSPS) is 10.2. The number of ether oxygens (including phenoxy) is 1. The summed E-state index contributed by atoms with van der Waals surface area (Å²) in [5, 5.41) is 12.9. The minimum absolute atomic E-state index is 0.0631. The quantitative estimate of drug-likeness (QED) is 0.881. The Morgan fingerprint density at radius 1 is 1.47 bits per heavy atom. The Morgan fingerprint density at radius 3 is 2.76 bits per heavy atom. The second-order valence-electron chi connectivity index (χ2n) is 3.23. The van der Waals surface area contributed by atoms with Gasteiger partial charge in [0.1, 0.15) is 11.5 Å². The Kier molecular flexibility index (Phi) is 2.78. The second-order valence-corrected chi connectivity index (χ2v) is 3.23. The van der Waals surface area contributed by atoms with E-state index in [1.165, 1.54) is 31.5 Å². The predicted molar refractivity (Wildman–Crippen MR) is 57.0 cm³/mol. The van der Waals surface area contributed by atoms with Crippen molar-refractivity contribution in [3.63, 3.8) is 0 Å². The third-order valence-electron chi connectivity index (χ3n) is 2.24. The van der Waals surface area contributed by atoms with Crippen LogP contribution in [-0.4, -0.2) is 28.0 Å². The lowest BCUT2D eigenvalue weighted by Crippen LogP contribution is -2.10. The minimum Gasteiger partial charge on any atom is -0.493 e. The minimum atomic E-state index is -1.23. The smallest absolute Gasteiger partial charge is 0.358 e. The van der Waals surface area contributed by atoms with Crippen molar-refractivity contribution in [3.05, 3.63) is 42.0 Å². The lowest BCUT2D eigenvalue weighted by Gasteiger charge is -2.06. The van der Waals surface area contributed by atoms with Crippen molar-refractivity contribution in [2.24, 2.45) is 0 Å². The van der Waals surface area contributed by atoms with E-state index in [0.717, 1.165) is 4.68 Å². The summed E-state index contributed by atoms with van der Waals surface area (Å²) in [6.45, 7) is 0. The molecule has 2 aromatic rings. The maximum Gasteiger partial charge on any atom is 0.358 e. The Bertz CT molecular complexity index is 566. The number of carboxylic acids is 1. The van der Waals surface area contributed by atoms with E-state index < -0.39 is 11.8 Å². The number of para-hydroxylation sites is 1. The van der Waals surface area contributed by atoms with Gasteiger partial charge in [0, 0.05) is 0 Å². The van der Waals surface area contributed by atoms with E-state index in [0.29, 0.717) is 0 Å². The number of benzene rings is 1. The fraction of sp³-hybridized carbons (Fsp3) is 0.0909. The lowest BCUT2D eigenvalue weighted by molar-refractivity contribution is 0.0683. The molecule has 1 N–H and O–H groups in total. The molecule has 0 bridgehead atoms. The van der Waals surface area contributed by atoms with Crippen molar-refractivity contribution in [3.8, 4) is 11.4 Å². The number of halogens is 1. The molecule has 0 unspecified atom stereocenters. The first kappa shape index (κ1) is 11.1. The highest BCUT2D eigenvalue weighted by Gasteiger charge is 2.21. The lowest BCUT2D eigenvalue weighted by atomic mass is 10.3. The van der Waals surface area contributed by atoms with Crippen LogP contribution in [0.4, 0.5) is 4.39 Å². The van der Waals surface area contributed by atoms with Crippen LogP contribution in [0.15, 0.2) is 30.5 Å². The van der Waals surface area contributed by atoms with Crippen molar-refractivity contribution in [1.29, 1.82) is 0 Å². The Balaban J connectivity index is 2.64. The van der Waals surface area contributed by atoms with Crippen LogP contribution in [0, 0.1) is 5.82 Å². The highest BCUT2D eigenvalue weighted by atomic mass is 19.1. The van der Waals surface area contributed by atoms with E-state index in [1.54, 1.807) is 6.07 Å². The molecule has 0 amide bonds. The molecule has 0 aliphatic rings. The van der Waals surface area contributed by atoms with Crippen LogP contribution in [0.5, 0.6) is 5.75 Å². The number of aromatic nitrogens is 2. The number of hydrogen-bond donors (Lipinski definition) is 1. The van der Waals surface area contributed by atoms with Crippen molar-refractivity contribution in [2.45, 2.75) is 0 Å². The van der Waals surface area contributed by atoms with Gasteiger partial charge in [0.05, 0.1) is 13.3 Å². The first-order valence-corrected chi connectivity index (χ1v) is 4.75. The molecule has 6 heteroatoms. The van der Waals surface area contributed by atoms with Crippen LogP contribution in [0.1, 0.15) is 10.5 Å². The predicted octanol–water partition coefficient (Wildman–Crippen LogP) is 1.72. The topological polar surface area (TPSA) is 64.4 Å². The molecule has 0 aliphatic heterocycles. The van der Waals surface area contributed by atoms with Gasteiger partial charge in [-0.2, -0.15) is 5.10 Å². The number of nitrogens with zero attached hydrogens (tertiary/aromatic N) is 2. The molecule has 0 fully saturated rings. The molecule has 17 heavy (non-hydrogen) atoms. The molecule has 0 saturated heterocycles. The van der Waals surface area contributed by atoms with Gasteiger partial charge in [-0.05, 0) is 12.1 Å². The van der Waals surface area contributed by atoms with Crippen molar-refractivity contribution in [1.82, 2.24) is 9.78 Å². The number of carbonyl (C=O) groups is 1. The van der Waals surface area contributed by atoms with Crippen molar-refractivity contribution >= 4 is 5.97 Å². The highest BCUT2D eigenvalue weighted by molar-refractivity contribution is 5.89.